The molecule has 1 amide bonds. The monoisotopic (exact) mass is 407 g/mol. The van der Waals surface area contributed by atoms with Crippen LogP contribution in [0.5, 0.6) is 0 Å². The zero-order valence-corrected chi connectivity index (χ0v) is 17.4. The number of ether oxygens (including phenoxy) is 1. The van der Waals surface area contributed by atoms with Crippen LogP contribution >= 0.6 is 0 Å². The quantitative estimate of drug-likeness (QED) is 0.701. The average Bonchev–Trinajstić information content (AvgIpc) is 2.79. The molecule has 2 aromatic rings. The van der Waals surface area contributed by atoms with Crippen LogP contribution in [0, 0.1) is 17.2 Å². The lowest BCUT2D eigenvalue weighted by atomic mass is 9.88. The van der Waals surface area contributed by atoms with Gasteiger partial charge in [0.05, 0.1) is 12.7 Å². The molecule has 1 heterocycles. The average molecular weight is 408 g/mol. The number of pyridine rings is 1. The van der Waals surface area contributed by atoms with E-state index >= 15 is 0 Å². The molecule has 1 aliphatic rings. The number of rotatable bonds is 8. The van der Waals surface area contributed by atoms with Crippen molar-refractivity contribution in [2.75, 3.05) is 13.7 Å². The molecule has 3 rings (SSSR count). The number of methoxy groups -OCH3 is 1. The Morgan fingerprint density at radius 2 is 1.97 bits per heavy atom. The minimum absolute atomic E-state index is 0.00898. The van der Waals surface area contributed by atoms with Gasteiger partial charge in [-0.05, 0) is 35.6 Å². The number of carbonyl (C=O) groups excluding carboxylic acids is 1. The standard InChI is InChI=1S/C24H29N3O3/c1-30-12-11-20-14-21(16-26-23(20)28)18-9-7-17(8-10-18)13-22(15-25)27-24(29)19-5-3-2-4-6-19/h7-10,14,16,19,22H,2-6,11-13H2,1H3,(H,26,28)(H,27,29). The Balaban J connectivity index is 1.64. The molecule has 6 heteroatoms. The summed E-state index contributed by atoms with van der Waals surface area (Å²) in [4.78, 5) is 27.2. The summed E-state index contributed by atoms with van der Waals surface area (Å²) in [7, 11) is 1.61. The molecular formula is C24H29N3O3. The van der Waals surface area contributed by atoms with E-state index in [9.17, 15) is 14.9 Å². The summed E-state index contributed by atoms with van der Waals surface area (Å²) in [5, 5.41) is 12.4. The Morgan fingerprint density at radius 3 is 2.63 bits per heavy atom. The molecule has 0 saturated heterocycles. The number of carbonyl (C=O) groups is 1. The van der Waals surface area contributed by atoms with Crippen LogP contribution in [-0.4, -0.2) is 30.6 Å². The predicted octanol–water partition coefficient (Wildman–Crippen LogP) is 3.36. The fraction of sp³-hybridized carbons (Fsp3) is 0.458. The highest BCUT2D eigenvalue weighted by molar-refractivity contribution is 5.79. The van der Waals surface area contributed by atoms with E-state index in [0.717, 1.165) is 42.4 Å². The molecule has 1 atom stereocenters. The van der Waals surface area contributed by atoms with Crippen molar-refractivity contribution in [3.05, 3.63) is 58.0 Å². The second kappa shape index (κ2) is 10.7. The van der Waals surface area contributed by atoms with Gasteiger partial charge in [0.2, 0.25) is 5.91 Å². The van der Waals surface area contributed by atoms with Gasteiger partial charge in [0.15, 0.2) is 0 Å². The van der Waals surface area contributed by atoms with Crippen molar-refractivity contribution in [2.45, 2.75) is 51.0 Å². The van der Waals surface area contributed by atoms with Crippen LogP contribution in [0.2, 0.25) is 0 Å². The Morgan fingerprint density at radius 1 is 1.23 bits per heavy atom. The van der Waals surface area contributed by atoms with Crippen LogP contribution in [0.15, 0.2) is 41.3 Å². The van der Waals surface area contributed by atoms with E-state index in [1.54, 1.807) is 13.3 Å². The lowest BCUT2D eigenvalue weighted by Gasteiger charge is -2.22. The van der Waals surface area contributed by atoms with Crippen LogP contribution in [0.25, 0.3) is 11.1 Å². The first kappa shape index (κ1) is 21.8. The molecule has 158 valence electrons. The summed E-state index contributed by atoms with van der Waals surface area (Å²) >= 11 is 0. The summed E-state index contributed by atoms with van der Waals surface area (Å²) in [6, 6.07) is 11.4. The first-order valence-electron chi connectivity index (χ1n) is 10.6. The van der Waals surface area contributed by atoms with Crippen LogP contribution in [0.4, 0.5) is 0 Å². The normalized spacial score (nSPS) is 15.3. The molecule has 0 spiro atoms. The fourth-order valence-corrected chi connectivity index (χ4v) is 3.95. The molecule has 1 saturated carbocycles. The lowest BCUT2D eigenvalue weighted by Crippen LogP contribution is -2.40. The van der Waals surface area contributed by atoms with E-state index in [1.165, 1.54) is 6.42 Å². The number of hydrogen-bond acceptors (Lipinski definition) is 4. The number of aromatic amines is 1. The van der Waals surface area contributed by atoms with Crippen LogP contribution < -0.4 is 10.9 Å². The molecule has 0 radical (unpaired) electrons. The minimum atomic E-state index is -0.529. The summed E-state index contributed by atoms with van der Waals surface area (Å²) in [6.45, 7) is 0.494. The number of nitriles is 1. The third-order valence-corrected chi connectivity index (χ3v) is 5.73. The van der Waals surface area contributed by atoms with Gasteiger partial charge in [0.1, 0.15) is 6.04 Å². The Labute approximate surface area is 177 Å². The number of hydrogen-bond donors (Lipinski definition) is 2. The summed E-state index contributed by atoms with van der Waals surface area (Å²) < 4.78 is 5.07. The van der Waals surface area contributed by atoms with Crippen molar-refractivity contribution in [1.82, 2.24) is 10.3 Å². The van der Waals surface area contributed by atoms with E-state index in [1.807, 2.05) is 30.3 Å². The van der Waals surface area contributed by atoms with Crippen molar-refractivity contribution in [3.63, 3.8) is 0 Å². The van der Waals surface area contributed by atoms with Crippen molar-refractivity contribution >= 4 is 5.91 Å². The number of amides is 1. The molecule has 2 N–H and O–H groups in total. The van der Waals surface area contributed by atoms with Crippen molar-refractivity contribution < 1.29 is 9.53 Å². The highest BCUT2D eigenvalue weighted by atomic mass is 16.5. The third kappa shape index (κ3) is 5.80. The second-order valence-electron chi connectivity index (χ2n) is 7.91. The third-order valence-electron chi connectivity index (χ3n) is 5.73. The molecule has 1 unspecified atom stereocenters. The molecule has 1 aromatic carbocycles. The first-order chi connectivity index (χ1) is 14.6. The maximum atomic E-state index is 12.4. The maximum Gasteiger partial charge on any atom is 0.251 e. The molecule has 30 heavy (non-hydrogen) atoms. The van der Waals surface area contributed by atoms with Gasteiger partial charge in [-0.1, -0.05) is 43.5 Å². The van der Waals surface area contributed by atoms with E-state index < -0.39 is 6.04 Å². The molecule has 1 aliphatic carbocycles. The smallest absolute Gasteiger partial charge is 0.251 e. The summed E-state index contributed by atoms with van der Waals surface area (Å²) in [5.74, 6) is 0.0548. The molecule has 0 bridgehead atoms. The number of nitrogens with one attached hydrogen (secondary N) is 2. The molecule has 6 nitrogen and oxygen atoms in total. The van der Waals surface area contributed by atoms with Crippen molar-refractivity contribution in [2.24, 2.45) is 5.92 Å². The van der Waals surface area contributed by atoms with Crippen LogP contribution in [0.1, 0.15) is 43.2 Å². The van der Waals surface area contributed by atoms with E-state index in [-0.39, 0.29) is 17.4 Å². The van der Waals surface area contributed by atoms with E-state index in [0.29, 0.717) is 25.0 Å². The molecule has 1 fully saturated rings. The lowest BCUT2D eigenvalue weighted by molar-refractivity contribution is -0.126. The first-order valence-corrected chi connectivity index (χ1v) is 10.6. The van der Waals surface area contributed by atoms with E-state index in [2.05, 4.69) is 16.4 Å². The molecular weight excluding hydrogens is 378 g/mol. The van der Waals surface area contributed by atoms with E-state index in [4.69, 9.17) is 4.74 Å². The predicted molar refractivity (Wildman–Crippen MR) is 116 cm³/mol. The molecule has 1 aromatic heterocycles. The largest absolute Gasteiger partial charge is 0.384 e. The molecule has 0 aliphatic heterocycles. The van der Waals surface area contributed by atoms with Gasteiger partial charge in [-0.2, -0.15) is 5.26 Å². The number of aromatic nitrogens is 1. The number of H-pyrrole nitrogens is 1. The summed E-state index contributed by atoms with van der Waals surface area (Å²) in [6.07, 6.45) is 7.96. The zero-order valence-electron chi connectivity index (χ0n) is 17.4. The van der Waals surface area contributed by atoms with Gasteiger partial charge >= 0.3 is 0 Å². The fourth-order valence-electron chi connectivity index (χ4n) is 3.95. The van der Waals surface area contributed by atoms with Gasteiger partial charge in [-0.25, -0.2) is 0 Å². The van der Waals surface area contributed by atoms with Gasteiger partial charge in [-0.3, -0.25) is 9.59 Å². The van der Waals surface area contributed by atoms with Gasteiger partial charge in [0.25, 0.3) is 5.56 Å². The minimum Gasteiger partial charge on any atom is -0.384 e. The topological polar surface area (TPSA) is 95.0 Å². The number of benzene rings is 1. The zero-order chi connectivity index (χ0) is 21.3. The van der Waals surface area contributed by atoms with Gasteiger partial charge in [0, 0.05) is 37.6 Å². The SMILES string of the molecule is COCCc1cc(-c2ccc(CC(C#N)NC(=O)C3CCCCC3)cc2)c[nH]c1=O. The van der Waals surface area contributed by atoms with Crippen LogP contribution in [0.3, 0.4) is 0 Å². The number of nitrogens with zero attached hydrogens (tertiary/aromatic N) is 1. The summed E-state index contributed by atoms with van der Waals surface area (Å²) in [5.41, 5.74) is 3.48. The Kier molecular flexibility index (Phi) is 7.81. The maximum absolute atomic E-state index is 12.4. The van der Waals surface area contributed by atoms with Crippen LogP contribution in [-0.2, 0) is 22.4 Å². The van der Waals surface area contributed by atoms with Crippen molar-refractivity contribution in [3.8, 4) is 17.2 Å². The highest BCUT2D eigenvalue weighted by Crippen LogP contribution is 2.24. The second-order valence-corrected chi connectivity index (χ2v) is 7.91. The Bertz CT molecular complexity index is 937. The Hall–Kier alpha value is -2.91. The van der Waals surface area contributed by atoms with Gasteiger partial charge < -0.3 is 15.0 Å². The van der Waals surface area contributed by atoms with Crippen molar-refractivity contribution in [1.29, 1.82) is 5.26 Å². The highest BCUT2D eigenvalue weighted by Gasteiger charge is 2.23. The van der Waals surface area contributed by atoms with Gasteiger partial charge in [-0.15, -0.1) is 0 Å².